The van der Waals surface area contributed by atoms with Crippen molar-refractivity contribution in [3.63, 3.8) is 0 Å². The number of anilines is 1. The fourth-order valence-corrected chi connectivity index (χ4v) is 3.04. The molecule has 27 heavy (non-hydrogen) atoms. The van der Waals surface area contributed by atoms with Gasteiger partial charge >= 0.3 is 0 Å². The summed E-state index contributed by atoms with van der Waals surface area (Å²) in [7, 11) is 3.08. The average Bonchev–Trinajstić information content (AvgIpc) is 2.62. The predicted octanol–water partition coefficient (Wildman–Crippen LogP) is 3.27. The van der Waals surface area contributed by atoms with Gasteiger partial charge in [0.05, 0.1) is 37.9 Å². The van der Waals surface area contributed by atoms with E-state index in [4.69, 9.17) is 21.1 Å². The van der Waals surface area contributed by atoms with Crippen molar-refractivity contribution in [1.82, 2.24) is 5.32 Å². The molecule has 0 atom stereocenters. The van der Waals surface area contributed by atoms with Crippen LogP contribution in [0.4, 0.5) is 5.69 Å². The molecule has 0 saturated carbocycles. The lowest BCUT2D eigenvalue weighted by molar-refractivity contribution is -0.123. The normalized spacial score (nSPS) is 10.3. The van der Waals surface area contributed by atoms with Crippen molar-refractivity contribution in [2.75, 3.05) is 26.1 Å². The number of rotatable bonds is 7. The number of carbonyl (C=O) groups is 2. The van der Waals surface area contributed by atoms with E-state index in [2.05, 4.69) is 10.6 Å². The second-order valence-corrected chi connectivity index (χ2v) is 6.54. The molecule has 0 radical (unpaired) electrons. The van der Waals surface area contributed by atoms with Gasteiger partial charge in [0.15, 0.2) is 11.5 Å². The first-order valence-corrected chi connectivity index (χ1v) is 8.76. The third-order valence-corrected chi connectivity index (χ3v) is 4.25. The molecule has 2 N–H and O–H groups in total. The predicted molar refractivity (Wildman–Crippen MR) is 106 cm³/mol. The second kappa shape index (κ2) is 9.28. The number of benzene rings is 2. The van der Waals surface area contributed by atoms with Gasteiger partial charge in [0.25, 0.3) is 0 Å². The number of hydrogen-bond donors (Lipinski definition) is 2. The van der Waals surface area contributed by atoms with E-state index < -0.39 is 0 Å². The van der Waals surface area contributed by atoms with Crippen LogP contribution < -0.4 is 20.1 Å². The summed E-state index contributed by atoms with van der Waals surface area (Å²) in [5, 5.41) is 5.81. The largest absolute Gasteiger partial charge is 0.493 e. The van der Waals surface area contributed by atoms with Gasteiger partial charge < -0.3 is 20.1 Å². The van der Waals surface area contributed by atoms with Gasteiger partial charge in [-0.15, -0.1) is 0 Å². The van der Waals surface area contributed by atoms with Crippen LogP contribution in [0.3, 0.4) is 0 Å². The molecule has 0 fully saturated rings. The molecule has 0 saturated heterocycles. The number of ether oxygens (including phenoxy) is 2. The van der Waals surface area contributed by atoms with Gasteiger partial charge in [0.1, 0.15) is 0 Å². The number of aryl methyl sites for hydroxylation is 2. The van der Waals surface area contributed by atoms with Crippen molar-refractivity contribution >= 4 is 29.1 Å². The fraction of sp³-hybridized carbons (Fsp3) is 0.300. The lowest BCUT2D eigenvalue weighted by atomic mass is 10.1. The van der Waals surface area contributed by atoms with Crippen LogP contribution in [0.5, 0.6) is 11.5 Å². The molecule has 0 aliphatic rings. The maximum Gasteiger partial charge on any atom is 0.243 e. The summed E-state index contributed by atoms with van der Waals surface area (Å²) in [6.07, 6.45) is 0.123. The molecule has 0 aliphatic heterocycles. The summed E-state index contributed by atoms with van der Waals surface area (Å²) in [5.41, 5.74) is 3.19. The zero-order chi connectivity index (χ0) is 20.0. The van der Waals surface area contributed by atoms with Crippen molar-refractivity contribution in [3.05, 3.63) is 52.0 Å². The molecule has 2 rings (SSSR count). The van der Waals surface area contributed by atoms with Crippen molar-refractivity contribution < 1.29 is 19.1 Å². The van der Waals surface area contributed by atoms with E-state index in [1.54, 1.807) is 31.4 Å². The van der Waals surface area contributed by atoms with E-state index >= 15 is 0 Å². The maximum atomic E-state index is 12.1. The highest BCUT2D eigenvalue weighted by Crippen LogP contribution is 2.28. The number of hydrogen-bond acceptors (Lipinski definition) is 4. The Kier molecular flexibility index (Phi) is 7.07. The molecule has 0 aliphatic carbocycles. The number of methoxy groups -OCH3 is 2. The van der Waals surface area contributed by atoms with Gasteiger partial charge in [-0.2, -0.15) is 0 Å². The summed E-state index contributed by atoms with van der Waals surface area (Å²) < 4.78 is 10.4. The van der Waals surface area contributed by atoms with Crippen molar-refractivity contribution in [2.45, 2.75) is 20.3 Å². The molecule has 2 aromatic carbocycles. The quantitative estimate of drug-likeness (QED) is 0.760. The summed E-state index contributed by atoms with van der Waals surface area (Å²) in [4.78, 5) is 24.2. The van der Waals surface area contributed by atoms with E-state index in [1.807, 2.05) is 19.9 Å². The molecular weight excluding hydrogens is 368 g/mol. The van der Waals surface area contributed by atoms with E-state index in [0.717, 1.165) is 16.7 Å². The molecular formula is C20H23ClN2O4. The minimum Gasteiger partial charge on any atom is -0.493 e. The SMILES string of the molecule is COc1ccc(CC(=O)NCC(=O)Nc2c(C)cc(C)cc2Cl)cc1OC. The number of halogens is 1. The molecule has 7 heteroatoms. The van der Waals surface area contributed by atoms with Crippen molar-refractivity contribution in [3.8, 4) is 11.5 Å². The number of nitrogens with one attached hydrogen (secondary N) is 2. The molecule has 2 aromatic rings. The standard InChI is InChI=1S/C20H23ClN2O4/c1-12-7-13(2)20(15(21)8-12)23-19(25)11-22-18(24)10-14-5-6-16(26-3)17(9-14)27-4/h5-9H,10-11H2,1-4H3,(H,22,24)(H,23,25). The third-order valence-electron chi connectivity index (χ3n) is 3.95. The van der Waals surface area contributed by atoms with Gasteiger partial charge in [0.2, 0.25) is 11.8 Å². The summed E-state index contributed by atoms with van der Waals surface area (Å²) in [6.45, 7) is 3.65. The first kappa shape index (κ1) is 20.6. The molecule has 6 nitrogen and oxygen atoms in total. The Balaban J connectivity index is 1.91. The highest BCUT2D eigenvalue weighted by Gasteiger charge is 2.12. The summed E-state index contributed by atoms with van der Waals surface area (Å²) >= 11 is 6.18. The van der Waals surface area contributed by atoms with Gasteiger partial charge in [-0.1, -0.05) is 23.7 Å². The molecule has 0 aromatic heterocycles. The molecule has 0 bridgehead atoms. The molecule has 0 unspecified atom stereocenters. The Labute approximate surface area is 163 Å². The summed E-state index contributed by atoms with van der Waals surface area (Å²) in [6, 6.07) is 8.94. The lowest BCUT2D eigenvalue weighted by Gasteiger charge is -2.12. The lowest BCUT2D eigenvalue weighted by Crippen LogP contribution is -2.34. The Bertz CT molecular complexity index is 829. The van der Waals surface area contributed by atoms with E-state index in [9.17, 15) is 9.59 Å². The Morgan fingerprint density at radius 1 is 1.00 bits per heavy atom. The summed E-state index contributed by atoms with van der Waals surface area (Å²) in [5.74, 6) is 0.519. The monoisotopic (exact) mass is 390 g/mol. The maximum absolute atomic E-state index is 12.1. The smallest absolute Gasteiger partial charge is 0.243 e. The fourth-order valence-electron chi connectivity index (χ4n) is 2.68. The van der Waals surface area contributed by atoms with Gasteiger partial charge in [-0.25, -0.2) is 0 Å². The number of amides is 2. The van der Waals surface area contributed by atoms with Gasteiger partial charge in [0, 0.05) is 0 Å². The first-order valence-electron chi connectivity index (χ1n) is 8.38. The molecule has 144 valence electrons. The van der Waals surface area contributed by atoms with Crippen LogP contribution >= 0.6 is 11.6 Å². The first-order chi connectivity index (χ1) is 12.8. The van der Waals surface area contributed by atoms with Crippen molar-refractivity contribution in [1.29, 1.82) is 0 Å². The van der Waals surface area contributed by atoms with Crippen LogP contribution in [0.15, 0.2) is 30.3 Å². The highest BCUT2D eigenvalue weighted by molar-refractivity contribution is 6.34. The Morgan fingerprint density at radius 2 is 1.70 bits per heavy atom. The van der Waals surface area contributed by atoms with Crippen LogP contribution in [0, 0.1) is 13.8 Å². The minimum absolute atomic E-state index is 0.123. The Hall–Kier alpha value is -2.73. The average molecular weight is 391 g/mol. The Morgan fingerprint density at radius 3 is 2.33 bits per heavy atom. The van der Waals surface area contributed by atoms with Crippen LogP contribution in [-0.4, -0.2) is 32.6 Å². The van der Waals surface area contributed by atoms with Crippen LogP contribution in [0.25, 0.3) is 0 Å². The van der Waals surface area contributed by atoms with E-state index in [0.29, 0.717) is 22.2 Å². The topological polar surface area (TPSA) is 76.7 Å². The van der Waals surface area contributed by atoms with Gasteiger partial charge in [-0.05, 0) is 48.7 Å². The van der Waals surface area contributed by atoms with Crippen LogP contribution in [-0.2, 0) is 16.0 Å². The third kappa shape index (κ3) is 5.62. The van der Waals surface area contributed by atoms with E-state index in [1.165, 1.54) is 7.11 Å². The van der Waals surface area contributed by atoms with E-state index in [-0.39, 0.29) is 24.8 Å². The van der Waals surface area contributed by atoms with Crippen LogP contribution in [0.1, 0.15) is 16.7 Å². The minimum atomic E-state index is -0.343. The zero-order valence-corrected chi connectivity index (χ0v) is 16.6. The second-order valence-electron chi connectivity index (χ2n) is 6.13. The number of carbonyl (C=O) groups excluding carboxylic acids is 2. The molecule has 2 amide bonds. The molecule has 0 spiro atoms. The van der Waals surface area contributed by atoms with Crippen molar-refractivity contribution in [2.24, 2.45) is 0 Å². The zero-order valence-electron chi connectivity index (χ0n) is 15.8. The van der Waals surface area contributed by atoms with Crippen LogP contribution in [0.2, 0.25) is 5.02 Å². The van der Waals surface area contributed by atoms with Gasteiger partial charge in [-0.3, -0.25) is 9.59 Å². The molecule has 0 heterocycles. The highest BCUT2D eigenvalue weighted by atomic mass is 35.5.